The minimum Gasteiger partial charge on any atom is -0.379 e. The highest BCUT2D eigenvalue weighted by Gasteiger charge is 2.34. The Morgan fingerprint density at radius 3 is 2.35 bits per heavy atom. The van der Waals surface area contributed by atoms with Crippen LogP contribution in [0.25, 0.3) is 0 Å². The number of para-hydroxylation sites is 2. The second kappa shape index (κ2) is 5.26. The van der Waals surface area contributed by atoms with Crippen molar-refractivity contribution < 1.29 is 8.42 Å². The molecule has 0 amide bonds. The zero-order valence-corrected chi connectivity index (χ0v) is 12.5. The van der Waals surface area contributed by atoms with Gasteiger partial charge in [-0.05, 0) is 44.0 Å². The number of anilines is 2. The second-order valence-electron chi connectivity index (χ2n) is 5.81. The average molecular weight is 295 g/mol. The number of piperidine rings is 3. The third-order valence-electron chi connectivity index (χ3n) is 4.22. The van der Waals surface area contributed by atoms with E-state index in [1.54, 1.807) is 6.07 Å². The van der Waals surface area contributed by atoms with Gasteiger partial charge in [0.15, 0.2) is 0 Å². The fourth-order valence-corrected chi connectivity index (χ4v) is 3.80. The van der Waals surface area contributed by atoms with Gasteiger partial charge < -0.3 is 10.2 Å². The van der Waals surface area contributed by atoms with Gasteiger partial charge in [-0.1, -0.05) is 12.1 Å². The van der Waals surface area contributed by atoms with E-state index in [2.05, 4.69) is 14.9 Å². The number of rotatable bonds is 4. The first-order valence-electron chi connectivity index (χ1n) is 7.07. The van der Waals surface area contributed by atoms with Crippen molar-refractivity contribution in [3.05, 3.63) is 24.3 Å². The Bertz CT molecular complexity index is 580. The number of sulfonamides is 1. The van der Waals surface area contributed by atoms with E-state index in [0.717, 1.165) is 12.2 Å². The zero-order chi connectivity index (χ0) is 14.2. The topological polar surface area (TPSA) is 61.4 Å². The first-order chi connectivity index (χ1) is 9.51. The fourth-order valence-electron chi connectivity index (χ4n) is 3.23. The van der Waals surface area contributed by atoms with Gasteiger partial charge in [0.2, 0.25) is 10.0 Å². The van der Waals surface area contributed by atoms with Crippen molar-refractivity contribution in [3.63, 3.8) is 0 Å². The lowest BCUT2D eigenvalue weighted by molar-refractivity contribution is 0.0975. The molecule has 0 spiro atoms. The van der Waals surface area contributed by atoms with E-state index in [0.29, 0.717) is 17.6 Å². The van der Waals surface area contributed by atoms with Gasteiger partial charge in [0.25, 0.3) is 0 Å². The molecule has 2 bridgehead atoms. The van der Waals surface area contributed by atoms with Crippen molar-refractivity contribution in [2.75, 3.05) is 35.9 Å². The van der Waals surface area contributed by atoms with Crippen molar-refractivity contribution in [1.29, 1.82) is 0 Å². The van der Waals surface area contributed by atoms with Crippen LogP contribution in [0.3, 0.4) is 0 Å². The summed E-state index contributed by atoms with van der Waals surface area (Å²) in [5, 5.41) is 3.53. The van der Waals surface area contributed by atoms with Crippen molar-refractivity contribution in [3.8, 4) is 0 Å². The highest BCUT2D eigenvalue weighted by atomic mass is 32.2. The summed E-state index contributed by atoms with van der Waals surface area (Å²) >= 11 is 0. The molecular weight excluding hydrogens is 274 g/mol. The summed E-state index contributed by atoms with van der Waals surface area (Å²) in [6.07, 6.45) is 3.65. The highest BCUT2D eigenvalue weighted by Crippen LogP contribution is 2.31. The largest absolute Gasteiger partial charge is 0.379 e. The maximum absolute atomic E-state index is 11.4. The van der Waals surface area contributed by atoms with E-state index < -0.39 is 10.0 Å². The first kappa shape index (κ1) is 13.7. The lowest BCUT2D eigenvalue weighted by Gasteiger charge is -2.45. The number of hydrogen-bond donors (Lipinski definition) is 2. The van der Waals surface area contributed by atoms with Crippen LogP contribution in [0, 0.1) is 5.92 Å². The Kier molecular flexibility index (Phi) is 3.60. The fraction of sp³-hybridized carbons (Fsp3) is 0.571. The number of nitrogens with one attached hydrogen (secondary N) is 2. The van der Waals surface area contributed by atoms with Crippen LogP contribution in [-0.2, 0) is 10.0 Å². The van der Waals surface area contributed by atoms with Crippen molar-refractivity contribution >= 4 is 21.4 Å². The molecule has 110 valence electrons. The number of fused-ring (bicyclic) bond motifs is 3. The normalized spacial score (nSPS) is 29.1. The Balaban J connectivity index is 1.77. The molecule has 0 saturated carbocycles. The quantitative estimate of drug-likeness (QED) is 0.885. The predicted molar refractivity (Wildman–Crippen MR) is 81.5 cm³/mol. The average Bonchev–Trinajstić information content (AvgIpc) is 2.41. The zero-order valence-electron chi connectivity index (χ0n) is 11.7. The van der Waals surface area contributed by atoms with Gasteiger partial charge in [-0.15, -0.1) is 0 Å². The van der Waals surface area contributed by atoms with Crippen LogP contribution in [0.15, 0.2) is 24.3 Å². The van der Waals surface area contributed by atoms with Crippen LogP contribution in [0.5, 0.6) is 0 Å². The van der Waals surface area contributed by atoms with Gasteiger partial charge in [-0.2, -0.15) is 0 Å². The van der Waals surface area contributed by atoms with Crippen LogP contribution in [0.1, 0.15) is 12.8 Å². The summed E-state index contributed by atoms with van der Waals surface area (Å²) in [5.74, 6) is 0.700. The second-order valence-corrected chi connectivity index (χ2v) is 7.56. The molecule has 6 heteroatoms. The molecule has 3 heterocycles. The van der Waals surface area contributed by atoms with E-state index >= 15 is 0 Å². The maximum atomic E-state index is 11.4. The van der Waals surface area contributed by atoms with Gasteiger partial charge >= 0.3 is 0 Å². The lowest BCUT2D eigenvalue weighted by atomic mass is 9.84. The lowest BCUT2D eigenvalue weighted by Crippen LogP contribution is -2.53. The third kappa shape index (κ3) is 3.07. The number of benzene rings is 1. The van der Waals surface area contributed by atoms with Crippen molar-refractivity contribution in [2.24, 2.45) is 5.92 Å². The predicted octanol–water partition coefficient (Wildman–Crippen LogP) is 1.56. The molecule has 3 fully saturated rings. The molecular formula is C14H21N3O2S. The molecule has 1 aromatic rings. The minimum absolute atomic E-state index is 0.417. The van der Waals surface area contributed by atoms with Gasteiger partial charge in [0, 0.05) is 12.6 Å². The van der Waals surface area contributed by atoms with Crippen LogP contribution in [-0.4, -0.2) is 45.2 Å². The first-order valence-corrected chi connectivity index (χ1v) is 8.96. The third-order valence-corrected chi connectivity index (χ3v) is 4.81. The van der Waals surface area contributed by atoms with Crippen LogP contribution in [0.4, 0.5) is 11.4 Å². The molecule has 0 radical (unpaired) electrons. The summed E-state index contributed by atoms with van der Waals surface area (Å²) in [6, 6.07) is 7.92. The summed E-state index contributed by atoms with van der Waals surface area (Å²) in [7, 11) is -3.25. The molecule has 2 N–H and O–H groups in total. The SMILES string of the molecule is CS(=O)(=O)Nc1ccccc1NC1CN2CCC1CC2. The Morgan fingerprint density at radius 2 is 1.80 bits per heavy atom. The summed E-state index contributed by atoms with van der Waals surface area (Å²) in [4.78, 5) is 2.48. The summed E-state index contributed by atoms with van der Waals surface area (Å²) < 4.78 is 25.4. The maximum Gasteiger partial charge on any atom is 0.229 e. The Labute approximate surface area is 120 Å². The van der Waals surface area contributed by atoms with Crippen LogP contribution < -0.4 is 10.0 Å². The van der Waals surface area contributed by atoms with Gasteiger partial charge in [-0.25, -0.2) is 8.42 Å². The van der Waals surface area contributed by atoms with E-state index in [1.165, 1.54) is 32.2 Å². The van der Waals surface area contributed by atoms with Crippen LogP contribution >= 0.6 is 0 Å². The number of nitrogens with zero attached hydrogens (tertiary/aromatic N) is 1. The van der Waals surface area contributed by atoms with Crippen LogP contribution in [0.2, 0.25) is 0 Å². The van der Waals surface area contributed by atoms with Gasteiger partial charge in [-0.3, -0.25) is 4.72 Å². The molecule has 3 saturated heterocycles. The molecule has 1 atom stereocenters. The molecule has 3 aliphatic rings. The summed E-state index contributed by atoms with van der Waals surface area (Å²) in [6.45, 7) is 3.45. The molecule has 1 unspecified atom stereocenters. The minimum atomic E-state index is -3.25. The highest BCUT2D eigenvalue weighted by molar-refractivity contribution is 7.92. The van der Waals surface area contributed by atoms with Gasteiger partial charge in [0.1, 0.15) is 0 Å². The van der Waals surface area contributed by atoms with E-state index in [4.69, 9.17) is 0 Å². The molecule has 0 aliphatic carbocycles. The molecule has 3 aliphatic heterocycles. The Morgan fingerprint density at radius 1 is 1.15 bits per heavy atom. The van der Waals surface area contributed by atoms with Crippen molar-refractivity contribution in [2.45, 2.75) is 18.9 Å². The van der Waals surface area contributed by atoms with E-state index in [9.17, 15) is 8.42 Å². The van der Waals surface area contributed by atoms with E-state index in [1.807, 2.05) is 18.2 Å². The van der Waals surface area contributed by atoms with Gasteiger partial charge in [0.05, 0.1) is 17.6 Å². The Hall–Kier alpha value is -1.27. The van der Waals surface area contributed by atoms with Crippen molar-refractivity contribution in [1.82, 2.24) is 4.90 Å². The molecule has 1 aromatic carbocycles. The number of hydrogen-bond acceptors (Lipinski definition) is 4. The molecule has 20 heavy (non-hydrogen) atoms. The van der Waals surface area contributed by atoms with E-state index in [-0.39, 0.29) is 0 Å². The summed E-state index contributed by atoms with van der Waals surface area (Å²) in [5.41, 5.74) is 1.50. The molecule has 5 nitrogen and oxygen atoms in total. The standard InChI is InChI=1S/C14H21N3O2S/c1-20(18,19)16-13-5-3-2-4-12(13)15-14-10-17-8-6-11(14)7-9-17/h2-5,11,14-16H,6-10H2,1H3. The molecule has 0 aromatic heterocycles. The molecule has 4 rings (SSSR count). The smallest absolute Gasteiger partial charge is 0.229 e. The monoisotopic (exact) mass is 295 g/mol.